The highest BCUT2D eigenvalue weighted by molar-refractivity contribution is 6.00. The second kappa shape index (κ2) is 10.4. The number of anilines is 2. The fourth-order valence-corrected chi connectivity index (χ4v) is 2.81. The van der Waals surface area contributed by atoms with Crippen LogP contribution in [0.2, 0.25) is 0 Å². The Morgan fingerprint density at radius 1 is 1.03 bits per heavy atom. The van der Waals surface area contributed by atoms with Crippen molar-refractivity contribution in [2.24, 2.45) is 5.92 Å². The second-order valence-electron chi connectivity index (χ2n) is 7.28. The lowest BCUT2D eigenvalue weighted by atomic mass is 10.0. The van der Waals surface area contributed by atoms with Gasteiger partial charge in [0.05, 0.1) is 12.8 Å². The Balaban J connectivity index is 1.63. The third-order valence-electron chi connectivity index (χ3n) is 4.55. The van der Waals surface area contributed by atoms with Crippen molar-refractivity contribution in [3.8, 4) is 11.4 Å². The third-order valence-corrected chi connectivity index (χ3v) is 4.55. The highest BCUT2D eigenvalue weighted by atomic mass is 19.1. The molecule has 1 atom stereocenters. The van der Waals surface area contributed by atoms with Crippen molar-refractivity contribution in [3.63, 3.8) is 0 Å². The van der Waals surface area contributed by atoms with Gasteiger partial charge in [0.25, 0.3) is 0 Å². The number of esters is 1. The lowest BCUT2D eigenvalue weighted by Gasteiger charge is -2.18. The number of benzene rings is 2. The van der Waals surface area contributed by atoms with Crippen LogP contribution >= 0.6 is 0 Å². The van der Waals surface area contributed by atoms with Gasteiger partial charge in [-0.1, -0.05) is 31.1 Å². The maximum absolute atomic E-state index is 13.6. The standard InChI is InChI=1S/C22H22FN5O5/c1-12(2)17(21(30)32-3)26-19(29)20-27-18(28-33-20)13-8-10-14(11-9-13)24-22(31)25-16-7-5-4-6-15(16)23/h4-12,17H,1-3H3,(H,26,29)(H2,24,25,31). The van der Waals surface area contributed by atoms with Crippen LogP contribution in [0.25, 0.3) is 11.4 Å². The normalized spacial score (nSPS) is 11.5. The van der Waals surface area contributed by atoms with Crippen LogP contribution in [0.5, 0.6) is 0 Å². The number of rotatable bonds is 7. The predicted octanol–water partition coefficient (Wildman–Crippen LogP) is 3.45. The summed E-state index contributed by atoms with van der Waals surface area (Å²) in [5.74, 6) is -2.22. The summed E-state index contributed by atoms with van der Waals surface area (Å²) in [4.78, 5) is 40.3. The second-order valence-corrected chi connectivity index (χ2v) is 7.28. The van der Waals surface area contributed by atoms with E-state index in [1.165, 1.54) is 25.3 Å². The molecular formula is C22H22FN5O5. The summed E-state index contributed by atoms with van der Waals surface area (Å²) in [5, 5.41) is 11.3. The zero-order valence-corrected chi connectivity index (χ0v) is 18.1. The number of urea groups is 1. The summed E-state index contributed by atoms with van der Waals surface area (Å²) >= 11 is 0. The number of amides is 3. The minimum absolute atomic E-state index is 0.0520. The fraction of sp³-hybridized carbons (Fsp3) is 0.227. The van der Waals surface area contributed by atoms with Gasteiger partial charge in [-0.05, 0) is 42.3 Å². The number of hydrogen-bond donors (Lipinski definition) is 3. The van der Waals surface area contributed by atoms with Crippen molar-refractivity contribution in [1.82, 2.24) is 15.5 Å². The van der Waals surface area contributed by atoms with Gasteiger partial charge in [-0.25, -0.2) is 14.0 Å². The smallest absolute Gasteiger partial charge is 0.328 e. The van der Waals surface area contributed by atoms with E-state index in [1.807, 2.05) is 0 Å². The number of nitrogens with zero attached hydrogens (tertiary/aromatic N) is 2. The molecule has 10 nitrogen and oxygen atoms in total. The molecule has 0 aliphatic carbocycles. The highest BCUT2D eigenvalue weighted by Crippen LogP contribution is 2.20. The van der Waals surface area contributed by atoms with E-state index in [0.29, 0.717) is 11.3 Å². The Hall–Kier alpha value is -4.28. The number of carbonyl (C=O) groups is 3. The summed E-state index contributed by atoms with van der Waals surface area (Å²) < 4.78 is 23.3. The number of methoxy groups -OCH3 is 1. The molecule has 1 aromatic heterocycles. The molecule has 0 aliphatic heterocycles. The summed E-state index contributed by atoms with van der Waals surface area (Å²) in [5.41, 5.74) is 1.01. The van der Waals surface area contributed by atoms with E-state index in [-0.39, 0.29) is 23.3 Å². The number of ether oxygens (including phenoxy) is 1. The van der Waals surface area contributed by atoms with Crippen molar-refractivity contribution < 1.29 is 28.0 Å². The van der Waals surface area contributed by atoms with Crippen LogP contribution in [0.4, 0.5) is 20.6 Å². The molecule has 0 aliphatic rings. The van der Waals surface area contributed by atoms with Gasteiger partial charge in [-0.15, -0.1) is 0 Å². The monoisotopic (exact) mass is 455 g/mol. The molecule has 3 amide bonds. The predicted molar refractivity (Wildman–Crippen MR) is 117 cm³/mol. The number of hydrogen-bond acceptors (Lipinski definition) is 7. The summed E-state index contributed by atoms with van der Waals surface area (Å²) in [6.45, 7) is 3.51. The molecule has 0 spiro atoms. The minimum Gasteiger partial charge on any atom is -0.467 e. The van der Waals surface area contributed by atoms with Crippen molar-refractivity contribution in [3.05, 3.63) is 60.2 Å². The maximum Gasteiger partial charge on any atom is 0.328 e. The van der Waals surface area contributed by atoms with E-state index in [1.54, 1.807) is 44.2 Å². The molecule has 0 bridgehead atoms. The van der Waals surface area contributed by atoms with Gasteiger partial charge in [-0.2, -0.15) is 4.98 Å². The molecule has 1 unspecified atom stereocenters. The molecule has 1 heterocycles. The third kappa shape index (κ3) is 5.91. The lowest BCUT2D eigenvalue weighted by molar-refractivity contribution is -0.144. The van der Waals surface area contributed by atoms with Crippen molar-refractivity contribution >= 4 is 29.3 Å². The van der Waals surface area contributed by atoms with Gasteiger partial charge in [0, 0.05) is 11.3 Å². The van der Waals surface area contributed by atoms with Crippen LogP contribution in [-0.4, -0.2) is 41.2 Å². The summed E-state index contributed by atoms with van der Waals surface area (Å²) in [7, 11) is 1.23. The van der Waals surface area contributed by atoms with Gasteiger partial charge in [0.1, 0.15) is 11.9 Å². The highest BCUT2D eigenvalue weighted by Gasteiger charge is 2.27. The zero-order chi connectivity index (χ0) is 24.0. The van der Waals surface area contributed by atoms with E-state index in [4.69, 9.17) is 4.52 Å². The van der Waals surface area contributed by atoms with Gasteiger partial charge in [-0.3, -0.25) is 4.79 Å². The number of halogens is 1. The van der Waals surface area contributed by atoms with Crippen LogP contribution in [0.15, 0.2) is 53.1 Å². The average Bonchev–Trinajstić information content (AvgIpc) is 3.29. The molecule has 0 saturated heterocycles. The van der Waals surface area contributed by atoms with E-state index >= 15 is 0 Å². The molecule has 11 heteroatoms. The number of carbonyl (C=O) groups excluding carboxylic acids is 3. The number of nitrogens with one attached hydrogen (secondary N) is 3. The summed E-state index contributed by atoms with van der Waals surface area (Å²) in [6.07, 6.45) is 0. The van der Waals surface area contributed by atoms with Crippen LogP contribution in [-0.2, 0) is 9.53 Å². The Bertz CT molecular complexity index is 1150. The maximum atomic E-state index is 13.6. The Morgan fingerprint density at radius 3 is 2.36 bits per heavy atom. The van der Waals surface area contributed by atoms with Gasteiger partial charge >= 0.3 is 23.8 Å². The Morgan fingerprint density at radius 2 is 1.73 bits per heavy atom. The lowest BCUT2D eigenvalue weighted by Crippen LogP contribution is -2.45. The molecule has 0 saturated carbocycles. The van der Waals surface area contributed by atoms with Crippen LogP contribution in [0, 0.1) is 11.7 Å². The van der Waals surface area contributed by atoms with Gasteiger partial charge in [0.2, 0.25) is 5.82 Å². The van der Waals surface area contributed by atoms with Crippen molar-refractivity contribution in [2.75, 3.05) is 17.7 Å². The van der Waals surface area contributed by atoms with E-state index in [9.17, 15) is 18.8 Å². The molecule has 3 aromatic rings. The van der Waals surface area contributed by atoms with Crippen molar-refractivity contribution in [2.45, 2.75) is 19.9 Å². The van der Waals surface area contributed by atoms with E-state index in [0.717, 1.165) is 0 Å². The first-order chi connectivity index (χ1) is 15.8. The molecule has 172 valence electrons. The van der Waals surface area contributed by atoms with Crippen molar-refractivity contribution in [1.29, 1.82) is 0 Å². The van der Waals surface area contributed by atoms with Crippen LogP contribution in [0.1, 0.15) is 24.5 Å². The molecule has 0 radical (unpaired) electrons. The van der Waals surface area contributed by atoms with Crippen LogP contribution < -0.4 is 16.0 Å². The van der Waals surface area contributed by atoms with E-state index in [2.05, 4.69) is 30.8 Å². The Kier molecular flexibility index (Phi) is 7.34. The molecular weight excluding hydrogens is 433 g/mol. The molecule has 3 N–H and O–H groups in total. The van der Waals surface area contributed by atoms with Gasteiger partial charge in [0.15, 0.2) is 0 Å². The largest absolute Gasteiger partial charge is 0.467 e. The van der Waals surface area contributed by atoms with Crippen LogP contribution in [0.3, 0.4) is 0 Å². The fourth-order valence-electron chi connectivity index (χ4n) is 2.81. The molecule has 33 heavy (non-hydrogen) atoms. The van der Waals surface area contributed by atoms with Gasteiger partial charge < -0.3 is 25.2 Å². The molecule has 2 aromatic carbocycles. The average molecular weight is 455 g/mol. The van der Waals surface area contributed by atoms with E-state index < -0.39 is 29.8 Å². The molecule has 3 rings (SSSR count). The zero-order valence-electron chi connectivity index (χ0n) is 18.1. The first-order valence-corrected chi connectivity index (χ1v) is 9.94. The summed E-state index contributed by atoms with van der Waals surface area (Å²) in [6, 6.07) is 10.7. The molecule has 0 fully saturated rings. The Labute approximate surface area is 188 Å². The first-order valence-electron chi connectivity index (χ1n) is 9.94. The quantitative estimate of drug-likeness (QED) is 0.464. The minimum atomic E-state index is -0.862. The SMILES string of the molecule is COC(=O)C(NC(=O)c1nc(-c2ccc(NC(=O)Nc3ccccc3F)cc2)no1)C(C)C. The number of aromatic nitrogens is 2. The number of para-hydroxylation sites is 1. The topological polar surface area (TPSA) is 135 Å². The first kappa shape index (κ1) is 23.4.